The molecule has 0 radical (unpaired) electrons. The van der Waals surface area contributed by atoms with Crippen molar-refractivity contribution in [3.05, 3.63) is 0 Å². The largest absolute Gasteiger partial charge is 0.368 e. The first-order valence-corrected chi connectivity index (χ1v) is 2.76. The van der Waals surface area contributed by atoms with Gasteiger partial charge in [0.25, 0.3) is 0 Å². The third-order valence-electron chi connectivity index (χ3n) is 1.29. The van der Waals surface area contributed by atoms with Gasteiger partial charge in [-0.1, -0.05) is 0 Å². The van der Waals surface area contributed by atoms with Gasteiger partial charge in [-0.15, -0.1) is 0 Å². The molecule has 0 spiro atoms. The van der Waals surface area contributed by atoms with E-state index in [1.165, 1.54) is 0 Å². The van der Waals surface area contributed by atoms with Gasteiger partial charge >= 0.3 is 0 Å². The second kappa shape index (κ2) is 1.74. The zero-order valence-electron chi connectivity index (χ0n) is 5.18. The summed E-state index contributed by atoms with van der Waals surface area (Å²) in [7, 11) is 0. The van der Waals surface area contributed by atoms with E-state index < -0.39 is 0 Å². The van der Waals surface area contributed by atoms with Gasteiger partial charge in [0.05, 0.1) is 11.9 Å². The van der Waals surface area contributed by atoms with Crippen molar-refractivity contribution in [1.82, 2.24) is 5.32 Å². The molecule has 46 valence electrons. The van der Waals surface area contributed by atoms with E-state index in [1.54, 1.807) is 0 Å². The first kappa shape index (κ1) is 5.56. The monoisotopic (exact) mass is 113 g/mol. The summed E-state index contributed by atoms with van der Waals surface area (Å²) < 4.78 is 0. The summed E-state index contributed by atoms with van der Waals surface area (Å²) in [6.45, 7) is 3.94. The number of nitrogens with two attached hydrogens (primary N) is 1. The number of aliphatic imine (C=N–C) groups is 1. The molecule has 8 heavy (non-hydrogen) atoms. The summed E-state index contributed by atoms with van der Waals surface area (Å²) in [5.41, 5.74) is 5.52. The molecule has 3 N–H and O–H groups in total. The molecular weight excluding hydrogens is 102 g/mol. The van der Waals surface area contributed by atoms with Gasteiger partial charge in [-0.3, -0.25) is 4.99 Å². The molecule has 0 fully saturated rings. The Morgan fingerprint density at radius 2 is 2.38 bits per heavy atom. The number of nitrogens with zero attached hydrogens (tertiary/aromatic N) is 1. The molecule has 0 aromatic carbocycles. The van der Waals surface area contributed by atoms with E-state index in [9.17, 15) is 0 Å². The van der Waals surface area contributed by atoms with E-state index in [2.05, 4.69) is 10.3 Å². The van der Waals surface area contributed by atoms with Crippen LogP contribution in [0, 0.1) is 0 Å². The predicted molar refractivity (Wildman–Crippen MR) is 33.7 cm³/mol. The number of amidine groups is 1. The lowest BCUT2D eigenvalue weighted by Crippen LogP contribution is -2.35. The Hall–Kier alpha value is -0.570. The Balaban J connectivity index is 2.56. The molecule has 0 bridgehead atoms. The van der Waals surface area contributed by atoms with Gasteiger partial charge in [-0.25, -0.2) is 0 Å². The normalized spacial score (nSPS) is 36.6. The van der Waals surface area contributed by atoms with Crippen LogP contribution in [0.25, 0.3) is 0 Å². The van der Waals surface area contributed by atoms with Crippen molar-refractivity contribution in [2.75, 3.05) is 0 Å². The molecule has 1 rings (SSSR count). The molecule has 2 atom stereocenters. The molecule has 1 heterocycles. The van der Waals surface area contributed by atoms with Crippen molar-refractivity contribution < 1.29 is 0 Å². The van der Waals surface area contributed by atoms with Crippen molar-refractivity contribution in [3.63, 3.8) is 0 Å². The lowest BCUT2D eigenvalue weighted by molar-refractivity contribution is 0.580. The third-order valence-corrected chi connectivity index (χ3v) is 1.29. The molecule has 0 aromatic rings. The quantitative estimate of drug-likeness (QED) is 0.452. The Kier molecular flexibility index (Phi) is 1.21. The Bertz CT molecular complexity index is 119. The predicted octanol–water partition coefficient (Wildman–Crippen LogP) is -0.319. The highest BCUT2D eigenvalue weighted by atomic mass is 15.2. The Morgan fingerprint density at radius 3 is 2.50 bits per heavy atom. The summed E-state index contributed by atoms with van der Waals surface area (Å²) in [6.07, 6.45) is -0.0324. The van der Waals surface area contributed by atoms with E-state index in [0.29, 0.717) is 6.04 Å². The van der Waals surface area contributed by atoms with Gasteiger partial charge < -0.3 is 11.1 Å². The summed E-state index contributed by atoms with van der Waals surface area (Å²) in [4.78, 5) is 4.05. The van der Waals surface area contributed by atoms with Crippen LogP contribution in [0.2, 0.25) is 0 Å². The van der Waals surface area contributed by atoms with Crippen molar-refractivity contribution in [1.29, 1.82) is 0 Å². The lowest BCUT2D eigenvalue weighted by Gasteiger charge is -2.06. The van der Waals surface area contributed by atoms with E-state index in [-0.39, 0.29) is 6.17 Å². The standard InChI is InChI=1S/C5H11N3/c1-3-5(6)8-4(2)7-3/h3,5H,6H2,1-2H3,(H,7,8). The maximum Gasteiger partial charge on any atom is 0.119 e. The SMILES string of the molecule is CC1=NC(N)C(C)N1. The molecule has 3 heteroatoms. The zero-order chi connectivity index (χ0) is 6.15. The van der Waals surface area contributed by atoms with Crippen LogP contribution < -0.4 is 11.1 Å². The first-order valence-electron chi connectivity index (χ1n) is 2.76. The highest BCUT2D eigenvalue weighted by Gasteiger charge is 2.16. The molecule has 0 saturated heterocycles. The van der Waals surface area contributed by atoms with Gasteiger partial charge in [0.15, 0.2) is 0 Å². The van der Waals surface area contributed by atoms with Gasteiger partial charge in [0, 0.05) is 0 Å². The number of rotatable bonds is 0. The van der Waals surface area contributed by atoms with Crippen molar-refractivity contribution in [2.24, 2.45) is 10.7 Å². The summed E-state index contributed by atoms with van der Waals surface area (Å²) in [6, 6.07) is 0.315. The molecular formula is C5H11N3. The van der Waals surface area contributed by atoms with Crippen molar-refractivity contribution in [3.8, 4) is 0 Å². The molecule has 3 nitrogen and oxygen atoms in total. The average Bonchev–Trinajstić information content (AvgIpc) is 1.85. The van der Waals surface area contributed by atoms with Crippen LogP contribution in [0.1, 0.15) is 13.8 Å². The highest BCUT2D eigenvalue weighted by Crippen LogP contribution is 1.98. The van der Waals surface area contributed by atoms with Gasteiger partial charge in [-0.05, 0) is 13.8 Å². The van der Waals surface area contributed by atoms with Crippen molar-refractivity contribution >= 4 is 5.84 Å². The van der Waals surface area contributed by atoms with Gasteiger partial charge in [0.2, 0.25) is 0 Å². The topological polar surface area (TPSA) is 50.4 Å². The van der Waals surface area contributed by atoms with E-state index >= 15 is 0 Å². The minimum absolute atomic E-state index is 0.0324. The zero-order valence-corrected chi connectivity index (χ0v) is 5.18. The summed E-state index contributed by atoms with van der Waals surface area (Å²) in [5, 5.41) is 3.09. The van der Waals surface area contributed by atoms with Crippen LogP contribution in [0.3, 0.4) is 0 Å². The minimum atomic E-state index is -0.0324. The second-order valence-electron chi connectivity index (χ2n) is 2.14. The molecule has 0 saturated carbocycles. The number of hydrogen-bond donors (Lipinski definition) is 2. The summed E-state index contributed by atoms with van der Waals surface area (Å²) in [5.74, 6) is 0.949. The van der Waals surface area contributed by atoms with Crippen LogP contribution >= 0.6 is 0 Å². The fourth-order valence-corrected chi connectivity index (χ4v) is 0.788. The van der Waals surface area contributed by atoms with Gasteiger partial charge in [0.1, 0.15) is 6.17 Å². The van der Waals surface area contributed by atoms with Crippen molar-refractivity contribution in [2.45, 2.75) is 26.1 Å². The fourth-order valence-electron chi connectivity index (χ4n) is 0.788. The molecule has 0 aliphatic carbocycles. The van der Waals surface area contributed by atoms with Crippen LogP contribution in [0.5, 0.6) is 0 Å². The maximum atomic E-state index is 5.52. The van der Waals surface area contributed by atoms with E-state index in [4.69, 9.17) is 5.73 Å². The van der Waals surface area contributed by atoms with Crippen LogP contribution in [-0.2, 0) is 0 Å². The van der Waals surface area contributed by atoms with E-state index in [0.717, 1.165) is 5.84 Å². The average molecular weight is 113 g/mol. The van der Waals surface area contributed by atoms with Crippen LogP contribution in [0.4, 0.5) is 0 Å². The fraction of sp³-hybridized carbons (Fsp3) is 0.800. The third kappa shape index (κ3) is 0.816. The first-order chi connectivity index (χ1) is 3.70. The van der Waals surface area contributed by atoms with E-state index in [1.807, 2.05) is 13.8 Å². The summed E-state index contributed by atoms with van der Waals surface area (Å²) >= 11 is 0. The molecule has 1 aliphatic rings. The number of nitrogens with one attached hydrogen (secondary N) is 1. The Labute approximate surface area is 49.0 Å². The maximum absolute atomic E-state index is 5.52. The minimum Gasteiger partial charge on any atom is -0.368 e. The smallest absolute Gasteiger partial charge is 0.119 e. The molecule has 1 aliphatic heterocycles. The molecule has 0 aromatic heterocycles. The highest BCUT2D eigenvalue weighted by molar-refractivity contribution is 5.81. The molecule has 2 unspecified atom stereocenters. The lowest BCUT2D eigenvalue weighted by atomic mass is 10.3. The number of hydrogen-bond acceptors (Lipinski definition) is 3. The molecule has 0 amide bonds. The van der Waals surface area contributed by atoms with Crippen LogP contribution in [0.15, 0.2) is 4.99 Å². The Morgan fingerprint density at radius 1 is 1.75 bits per heavy atom. The van der Waals surface area contributed by atoms with Crippen LogP contribution in [-0.4, -0.2) is 18.0 Å². The second-order valence-corrected chi connectivity index (χ2v) is 2.14. The van der Waals surface area contributed by atoms with Gasteiger partial charge in [-0.2, -0.15) is 0 Å².